The molecule has 4 heteroatoms. The number of amides is 1. The number of ketones is 1. The number of aryl methyl sites for hydroxylation is 1. The Hall–Kier alpha value is -2.20. The summed E-state index contributed by atoms with van der Waals surface area (Å²) in [5.41, 5.74) is 4.06. The number of carbonyl (C=O) groups excluding carboxylic acids is 2. The van der Waals surface area contributed by atoms with Crippen LogP contribution in [0.2, 0.25) is 0 Å². The molecule has 1 aromatic heterocycles. The van der Waals surface area contributed by atoms with Gasteiger partial charge in [0.05, 0.1) is 0 Å². The number of carbonyl (C=O) groups is 2. The number of thiophene rings is 1. The molecule has 24 heavy (non-hydrogen) atoms. The standard InChI is InChI=1S/C20H19NO2S/c1-12-4-6-13(7-5-12)14-9-16-20(17(22)10-14)15(11-19(23)21-16)18-3-2-8-24-18/h2-8,14-15H,9-11H2,1H3,(H,21,23)/t14-,15-/m1/s1. The molecule has 2 aromatic rings. The van der Waals surface area contributed by atoms with Crippen LogP contribution >= 0.6 is 11.3 Å². The average Bonchev–Trinajstić information content (AvgIpc) is 3.08. The van der Waals surface area contributed by atoms with Crippen LogP contribution in [0.1, 0.15) is 47.1 Å². The summed E-state index contributed by atoms with van der Waals surface area (Å²) in [7, 11) is 0. The Morgan fingerprint density at radius 2 is 1.83 bits per heavy atom. The molecule has 4 rings (SSSR count). The fourth-order valence-electron chi connectivity index (χ4n) is 3.77. The molecule has 0 bridgehead atoms. The van der Waals surface area contributed by atoms with Crippen molar-refractivity contribution in [2.45, 2.75) is 38.0 Å². The molecule has 1 aliphatic heterocycles. The first-order chi connectivity index (χ1) is 11.6. The molecule has 1 aliphatic carbocycles. The van der Waals surface area contributed by atoms with Crippen molar-refractivity contribution < 1.29 is 9.59 Å². The van der Waals surface area contributed by atoms with Gasteiger partial charge in [-0.3, -0.25) is 9.59 Å². The van der Waals surface area contributed by atoms with Crippen molar-refractivity contribution in [1.82, 2.24) is 5.32 Å². The van der Waals surface area contributed by atoms with Crippen molar-refractivity contribution in [3.8, 4) is 0 Å². The van der Waals surface area contributed by atoms with E-state index in [0.717, 1.165) is 22.6 Å². The smallest absolute Gasteiger partial charge is 0.225 e. The van der Waals surface area contributed by atoms with Gasteiger partial charge < -0.3 is 5.32 Å². The van der Waals surface area contributed by atoms with Crippen LogP contribution in [0.25, 0.3) is 0 Å². The van der Waals surface area contributed by atoms with Gasteiger partial charge in [-0.1, -0.05) is 35.9 Å². The molecule has 1 amide bonds. The van der Waals surface area contributed by atoms with E-state index in [4.69, 9.17) is 0 Å². The minimum atomic E-state index is -0.0692. The Balaban J connectivity index is 1.70. The molecule has 0 unspecified atom stereocenters. The maximum Gasteiger partial charge on any atom is 0.225 e. The highest BCUT2D eigenvalue weighted by Gasteiger charge is 2.38. The van der Waals surface area contributed by atoms with Crippen LogP contribution in [0.3, 0.4) is 0 Å². The first-order valence-electron chi connectivity index (χ1n) is 8.28. The molecule has 3 nitrogen and oxygen atoms in total. The molecule has 122 valence electrons. The molecule has 2 atom stereocenters. The molecule has 0 spiro atoms. The molecular formula is C20H19NO2S. The SMILES string of the molecule is Cc1ccc([C@H]2CC(=O)C3=C(C2)NC(=O)C[C@@H]3c2cccs2)cc1. The number of rotatable bonds is 2. The Morgan fingerprint density at radius 3 is 2.54 bits per heavy atom. The van der Waals surface area contributed by atoms with Gasteiger partial charge in [0.15, 0.2) is 5.78 Å². The maximum atomic E-state index is 12.9. The maximum absolute atomic E-state index is 12.9. The Morgan fingerprint density at radius 1 is 1.04 bits per heavy atom. The van der Waals surface area contributed by atoms with Crippen LogP contribution in [0.4, 0.5) is 0 Å². The Bertz CT molecular complexity index is 818. The summed E-state index contributed by atoms with van der Waals surface area (Å²) in [6, 6.07) is 12.4. The van der Waals surface area contributed by atoms with Gasteiger partial charge >= 0.3 is 0 Å². The number of nitrogens with one attached hydrogen (secondary N) is 1. The van der Waals surface area contributed by atoms with Gasteiger partial charge in [-0.15, -0.1) is 11.3 Å². The second kappa shape index (κ2) is 6.02. The van der Waals surface area contributed by atoms with Crippen LogP contribution in [0.15, 0.2) is 53.0 Å². The van der Waals surface area contributed by atoms with Gasteiger partial charge in [-0.2, -0.15) is 0 Å². The second-order valence-electron chi connectivity index (χ2n) is 6.65. The summed E-state index contributed by atoms with van der Waals surface area (Å²) >= 11 is 1.62. The molecule has 0 saturated heterocycles. The van der Waals surface area contributed by atoms with Gasteiger partial charge in [-0.05, 0) is 36.3 Å². The minimum absolute atomic E-state index is 0.0181. The quantitative estimate of drug-likeness (QED) is 0.898. The molecule has 0 fully saturated rings. The van der Waals surface area contributed by atoms with E-state index in [2.05, 4.69) is 36.5 Å². The highest BCUT2D eigenvalue weighted by atomic mass is 32.1. The number of hydrogen-bond donors (Lipinski definition) is 1. The highest BCUT2D eigenvalue weighted by Crippen LogP contribution is 2.43. The van der Waals surface area contributed by atoms with Crippen molar-refractivity contribution in [3.63, 3.8) is 0 Å². The van der Waals surface area contributed by atoms with Gasteiger partial charge in [0, 0.05) is 34.9 Å². The largest absolute Gasteiger partial charge is 0.329 e. The second-order valence-corrected chi connectivity index (χ2v) is 7.63. The van der Waals surface area contributed by atoms with Gasteiger partial charge in [0.25, 0.3) is 0 Å². The van der Waals surface area contributed by atoms with Gasteiger partial charge in [0.2, 0.25) is 5.91 Å². The zero-order chi connectivity index (χ0) is 16.7. The van der Waals surface area contributed by atoms with E-state index in [1.807, 2.05) is 17.5 Å². The van der Waals surface area contributed by atoms with Crippen molar-refractivity contribution in [1.29, 1.82) is 0 Å². The van der Waals surface area contributed by atoms with Crippen LogP contribution < -0.4 is 5.32 Å². The van der Waals surface area contributed by atoms with Crippen molar-refractivity contribution in [3.05, 3.63) is 69.1 Å². The van der Waals surface area contributed by atoms with Gasteiger partial charge in [-0.25, -0.2) is 0 Å². The Kier molecular flexibility index (Phi) is 3.85. The van der Waals surface area contributed by atoms with E-state index in [-0.39, 0.29) is 23.5 Å². The normalized spacial score (nSPS) is 23.9. The molecular weight excluding hydrogens is 318 g/mol. The lowest BCUT2D eigenvalue weighted by molar-refractivity contribution is -0.122. The zero-order valence-electron chi connectivity index (χ0n) is 13.5. The first kappa shape index (κ1) is 15.3. The van der Waals surface area contributed by atoms with E-state index >= 15 is 0 Å². The van der Waals surface area contributed by atoms with Crippen molar-refractivity contribution in [2.24, 2.45) is 0 Å². The highest BCUT2D eigenvalue weighted by molar-refractivity contribution is 7.10. The molecule has 1 N–H and O–H groups in total. The lowest BCUT2D eigenvalue weighted by Crippen LogP contribution is -2.37. The van der Waals surface area contributed by atoms with Crippen LogP contribution in [0, 0.1) is 6.92 Å². The fourth-order valence-corrected chi connectivity index (χ4v) is 4.60. The molecule has 1 aromatic carbocycles. The predicted octanol–water partition coefficient (Wildman–Crippen LogP) is 4.06. The van der Waals surface area contributed by atoms with Crippen molar-refractivity contribution in [2.75, 3.05) is 0 Å². The number of Topliss-reactive ketones (excluding diaryl/α,β-unsaturated/α-hetero) is 1. The predicted molar refractivity (Wildman–Crippen MR) is 95.0 cm³/mol. The van der Waals surface area contributed by atoms with E-state index in [9.17, 15) is 9.59 Å². The zero-order valence-corrected chi connectivity index (χ0v) is 14.4. The molecule has 0 saturated carbocycles. The number of benzene rings is 1. The van der Waals surface area contributed by atoms with Crippen molar-refractivity contribution >= 4 is 23.0 Å². The third-order valence-corrected chi connectivity index (χ3v) is 5.96. The van der Waals surface area contributed by atoms with E-state index in [1.54, 1.807) is 11.3 Å². The third-order valence-electron chi connectivity index (χ3n) is 4.97. The summed E-state index contributed by atoms with van der Waals surface area (Å²) in [6.45, 7) is 2.06. The third kappa shape index (κ3) is 2.71. The first-order valence-corrected chi connectivity index (χ1v) is 9.16. The molecule has 2 heterocycles. The van der Waals surface area contributed by atoms with E-state index < -0.39 is 0 Å². The topological polar surface area (TPSA) is 46.2 Å². The number of hydrogen-bond acceptors (Lipinski definition) is 3. The Labute approximate surface area is 145 Å². The fraction of sp³-hybridized carbons (Fsp3) is 0.300. The lowest BCUT2D eigenvalue weighted by Gasteiger charge is -2.34. The van der Waals surface area contributed by atoms with Crippen LogP contribution in [-0.2, 0) is 9.59 Å². The lowest BCUT2D eigenvalue weighted by atomic mass is 9.75. The summed E-state index contributed by atoms with van der Waals surface area (Å²) in [6.07, 6.45) is 1.64. The monoisotopic (exact) mass is 337 g/mol. The number of allylic oxidation sites excluding steroid dienone is 2. The van der Waals surface area contributed by atoms with E-state index in [0.29, 0.717) is 12.8 Å². The summed E-state index contributed by atoms with van der Waals surface area (Å²) in [5.74, 6) is 0.282. The van der Waals surface area contributed by atoms with Crippen LogP contribution in [-0.4, -0.2) is 11.7 Å². The van der Waals surface area contributed by atoms with Gasteiger partial charge in [0.1, 0.15) is 0 Å². The molecule has 0 radical (unpaired) electrons. The molecule has 2 aliphatic rings. The minimum Gasteiger partial charge on any atom is -0.329 e. The average molecular weight is 337 g/mol. The summed E-state index contributed by atoms with van der Waals surface area (Å²) in [5, 5.41) is 4.98. The van der Waals surface area contributed by atoms with E-state index in [1.165, 1.54) is 11.1 Å². The summed E-state index contributed by atoms with van der Waals surface area (Å²) in [4.78, 5) is 26.2. The summed E-state index contributed by atoms with van der Waals surface area (Å²) < 4.78 is 0. The van der Waals surface area contributed by atoms with Crippen LogP contribution in [0.5, 0.6) is 0 Å².